The number of rotatable bonds is 9. The largest absolute Gasteiger partial charge is 0.493 e. The minimum absolute atomic E-state index is 0.0191. The van der Waals surface area contributed by atoms with Gasteiger partial charge in [0.2, 0.25) is 5.91 Å². The van der Waals surface area contributed by atoms with E-state index < -0.39 is 0 Å². The molecule has 1 unspecified atom stereocenters. The van der Waals surface area contributed by atoms with E-state index in [9.17, 15) is 9.59 Å². The van der Waals surface area contributed by atoms with Crippen LogP contribution in [0.15, 0.2) is 70.4 Å². The molecule has 1 N–H and O–H groups in total. The van der Waals surface area contributed by atoms with E-state index in [2.05, 4.69) is 12.2 Å². The van der Waals surface area contributed by atoms with Gasteiger partial charge < -0.3 is 19.2 Å². The molecular weight excluding hydrogens is 446 g/mol. The third-order valence-electron chi connectivity index (χ3n) is 5.87. The monoisotopic (exact) mass is 475 g/mol. The van der Waals surface area contributed by atoms with Crippen LogP contribution in [0.5, 0.6) is 11.5 Å². The van der Waals surface area contributed by atoms with E-state index >= 15 is 0 Å². The highest BCUT2D eigenvalue weighted by Gasteiger charge is 2.29. The molecule has 1 aromatic heterocycles. The zero-order chi connectivity index (χ0) is 24.8. The number of carbonyl (C=O) groups is 2. The number of nitrogens with one attached hydrogen (secondary N) is 1. The second-order valence-electron chi connectivity index (χ2n) is 8.17. The summed E-state index contributed by atoms with van der Waals surface area (Å²) >= 11 is 0. The fourth-order valence-electron chi connectivity index (χ4n) is 4.01. The average molecular weight is 476 g/mol. The topological polar surface area (TPSA) is 93.4 Å². The number of nitrogens with zero attached hydrogens (tertiary/aromatic N) is 2. The zero-order valence-electron chi connectivity index (χ0n) is 20.1. The first-order valence-electron chi connectivity index (χ1n) is 11.7. The smallest absolute Gasteiger partial charge is 0.291 e. The first-order chi connectivity index (χ1) is 17.0. The Morgan fingerprint density at radius 2 is 1.94 bits per heavy atom. The molecule has 35 heavy (non-hydrogen) atoms. The fourth-order valence-corrected chi connectivity index (χ4v) is 4.01. The quantitative estimate of drug-likeness (QED) is 0.465. The molecule has 2 amide bonds. The van der Waals surface area contributed by atoms with Crippen molar-refractivity contribution < 1.29 is 23.5 Å². The molecule has 0 spiro atoms. The minimum atomic E-state index is -0.320. The predicted molar refractivity (Wildman–Crippen MR) is 133 cm³/mol. The number of hydrazone groups is 1. The van der Waals surface area contributed by atoms with Gasteiger partial charge in [-0.3, -0.25) is 9.59 Å². The van der Waals surface area contributed by atoms with Crippen LogP contribution in [0.4, 0.5) is 5.69 Å². The first-order valence-corrected chi connectivity index (χ1v) is 11.7. The highest BCUT2D eigenvalue weighted by molar-refractivity contribution is 6.06. The van der Waals surface area contributed by atoms with E-state index in [0.29, 0.717) is 36.8 Å². The molecular formula is C27H29N3O5. The molecule has 0 saturated carbocycles. The SMILES string of the molecule is CCOc1cc(C2=NN(Cc3ccc(NC(=O)c4ccco4)cc3)C(=O)CC2CC)ccc1OC. The minimum Gasteiger partial charge on any atom is -0.493 e. The molecule has 2 heterocycles. The average Bonchev–Trinajstić information content (AvgIpc) is 3.42. The van der Waals surface area contributed by atoms with Crippen LogP contribution in [0, 0.1) is 5.92 Å². The zero-order valence-corrected chi connectivity index (χ0v) is 20.1. The van der Waals surface area contributed by atoms with Crippen molar-refractivity contribution in [1.29, 1.82) is 0 Å². The summed E-state index contributed by atoms with van der Waals surface area (Å²) in [7, 11) is 1.61. The number of methoxy groups -OCH3 is 1. The molecule has 0 radical (unpaired) electrons. The molecule has 2 aromatic carbocycles. The van der Waals surface area contributed by atoms with Crippen LogP contribution < -0.4 is 14.8 Å². The molecule has 1 atom stereocenters. The summed E-state index contributed by atoms with van der Waals surface area (Å²) in [4.78, 5) is 25.0. The maximum absolute atomic E-state index is 12.9. The molecule has 0 aliphatic carbocycles. The number of amides is 2. The van der Waals surface area contributed by atoms with Crippen molar-refractivity contribution in [3.63, 3.8) is 0 Å². The Labute approximate surface area is 204 Å². The molecule has 1 aliphatic heterocycles. The maximum atomic E-state index is 12.9. The highest BCUT2D eigenvalue weighted by atomic mass is 16.5. The lowest BCUT2D eigenvalue weighted by Crippen LogP contribution is -2.36. The number of anilines is 1. The van der Waals surface area contributed by atoms with Gasteiger partial charge in [-0.15, -0.1) is 0 Å². The van der Waals surface area contributed by atoms with Crippen molar-refractivity contribution in [2.45, 2.75) is 33.2 Å². The van der Waals surface area contributed by atoms with Gasteiger partial charge in [0.1, 0.15) is 0 Å². The van der Waals surface area contributed by atoms with E-state index in [1.54, 1.807) is 31.4 Å². The lowest BCUT2D eigenvalue weighted by Gasteiger charge is -2.29. The molecule has 8 heteroatoms. The molecule has 8 nitrogen and oxygen atoms in total. The van der Waals surface area contributed by atoms with Gasteiger partial charge in [-0.25, -0.2) is 5.01 Å². The van der Waals surface area contributed by atoms with Gasteiger partial charge in [0, 0.05) is 23.6 Å². The standard InChI is InChI=1S/C27H29N3O5/c1-4-19-16-25(31)30(29-26(19)20-10-13-22(33-3)24(15-20)34-5-2)17-18-8-11-21(12-9-18)28-27(32)23-7-6-14-35-23/h6-15,19H,4-5,16-17H2,1-3H3,(H,28,32). The van der Waals surface area contributed by atoms with Crippen molar-refractivity contribution >= 4 is 23.2 Å². The highest BCUT2D eigenvalue weighted by Crippen LogP contribution is 2.32. The van der Waals surface area contributed by atoms with Gasteiger partial charge >= 0.3 is 0 Å². The van der Waals surface area contributed by atoms with E-state index in [4.69, 9.17) is 19.0 Å². The molecule has 0 bridgehead atoms. The maximum Gasteiger partial charge on any atom is 0.291 e. The number of carbonyl (C=O) groups excluding carboxylic acids is 2. The molecule has 1 aliphatic rings. The van der Waals surface area contributed by atoms with Gasteiger partial charge in [0.05, 0.1) is 32.2 Å². The molecule has 0 saturated heterocycles. The van der Waals surface area contributed by atoms with Gasteiger partial charge in [0.15, 0.2) is 17.3 Å². The van der Waals surface area contributed by atoms with E-state index in [1.165, 1.54) is 11.3 Å². The predicted octanol–water partition coefficient (Wildman–Crippen LogP) is 5.10. The van der Waals surface area contributed by atoms with E-state index in [-0.39, 0.29) is 23.5 Å². The summed E-state index contributed by atoms with van der Waals surface area (Å²) < 4.78 is 16.3. The molecule has 182 valence electrons. The van der Waals surface area contributed by atoms with Gasteiger partial charge in [-0.2, -0.15) is 5.10 Å². The van der Waals surface area contributed by atoms with Crippen LogP contribution in [-0.4, -0.2) is 36.3 Å². The Kier molecular flexibility index (Phi) is 7.50. The van der Waals surface area contributed by atoms with E-state index in [0.717, 1.165) is 23.3 Å². The van der Waals surface area contributed by atoms with Crippen molar-refractivity contribution in [2.75, 3.05) is 19.0 Å². The van der Waals surface area contributed by atoms with Gasteiger partial charge in [-0.1, -0.05) is 19.1 Å². The van der Waals surface area contributed by atoms with Gasteiger partial charge in [-0.05, 0) is 61.4 Å². The van der Waals surface area contributed by atoms with Crippen molar-refractivity contribution in [3.8, 4) is 11.5 Å². The second kappa shape index (κ2) is 10.9. The second-order valence-corrected chi connectivity index (χ2v) is 8.17. The number of ether oxygens (including phenoxy) is 2. The summed E-state index contributed by atoms with van der Waals surface area (Å²) in [6.07, 6.45) is 2.65. The summed E-state index contributed by atoms with van der Waals surface area (Å²) in [6, 6.07) is 16.3. The van der Waals surface area contributed by atoms with E-state index in [1.807, 2.05) is 37.3 Å². The van der Waals surface area contributed by atoms with Crippen molar-refractivity contribution in [3.05, 3.63) is 77.7 Å². The Morgan fingerprint density at radius 1 is 1.14 bits per heavy atom. The van der Waals surface area contributed by atoms with Crippen molar-refractivity contribution in [1.82, 2.24) is 5.01 Å². The normalized spacial score (nSPS) is 15.5. The Hall–Kier alpha value is -4.07. The van der Waals surface area contributed by atoms with Crippen LogP contribution in [-0.2, 0) is 11.3 Å². The Balaban J connectivity index is 1.53. The lowest BCUT2D eigenvalue weighted by atomic mass is 9.89. The third-order valence-corrected chi connectivity index (χ3v) is 5.87. The summed E-state index contributed by atoms with van der Waals surface area (Å²) in [6.45, 7) is 4.84. The van der Waals surface area contributed by atoms with Crippen LogP contribution in [0.1, 0.15) is 48.4 Å². The first kappa shape index (κ1) is 24.1. The lowest BCUT2D eigenvalue weighted by molar-refractivity contribution is -0.133. The third kappa shape index (κ3) is 5.54. The summed E-state index contributed by atoms with van der Waals surface area (Å²) in [5.74, 6) is 1.24. The van der Waals surface area contributed by atoms with Crippen LogP contribution in [0.3, 0.4) is 0 Å². The summed E-state index contributed by atoms with van der Waals surface area (Å²) in [5.41, 5.74) is 3.31. The number of furan rings is 1. The van der Waals surface area contributed by atoms with Crippen molar-refractivity contribution in [2.24, 2.45) is 11.0 Å². The number of hydrogen-bond acceptors (Lipinski definition) is 6. The summed E-state index contributed by atoms with van der Waals surface area (Å²) in [5, 5.41) is 9.07. The van der Waals surface area contributed by atoms with Crippen LogP contribution >= 0.6 is 0 Å². The number of hydrogen-bond donors (Lipinski definition) is 1. The Bertz CT molecular complexity index is 1200. The van der Waals surface area contributed by atoms with Crippen LogP contribution in [0.25, 0.3) is 0 Å². The van der Waals surface area contributed by atoms with Gasteiger partial charge in [0.25, 0.3) is 5.91 Å². The molecule has 0 fully saturated rings. The molecule has 4 rings (SSSR count). The number of benzene rings is 2. The Morgan fingerprint density at radius 3 is 2.60 bits per heavy atom. The van der Waals surface area contributed by atoms with Crippen LogP contribution in [0.2, 0.25) is 0 Å². The molecule has 3 aromatic rings. The fraction of sp³-hybridized carbons (Fsp3) is 0.296.